The smallest absolute Gasteiger partial charge is 0.321 e. The molecular formula is C12H15N3O5S. The second kappa shape index (κ2) is 6.08. The van der Waals surface area contributed by atoms with Gasteiger partial charge in [0.05, 0.1) is 35.5 Å². The molecule has 0 atom stereocenters. The number of carbonyl (C=O) groups is 2. The average molecular weight is 313 g/mol. The molecule has 2 N–H and O–H groups in total. The van der Waals surface area contributed by atoms with Crippen LogP contribution in [0.4, 0.5) is 10.5 Å². The first-order valence-electron chi connectivity index (χ1n) is 6.29. The zero-order valence-electron chi connectivity index (χ0n) is 11.2. The molecule has 1 aromatic heterocycles. The van der Waals surface area contributed by atoms with Gasteiger partial charge in [-0.1, -0.05) is 0 Å². The molecule has 9 heteroatoms. The first-order valence-corrected chi connectivity index (χ1v) is 8.11. The molecule has 114 valence electrons. The van der Waals surface area contributed by atoms with Crippen LogP contribution in [0.5, 0.6) is 0 Å². The summed E-state index contributed by atoms with van der Waals surface area (Å²) in [4.78, 5) is 27.8. The number of pyridine rings is 1. The number of nitrogens with zero attached hydrogens (tertiary/aromatic N) is 2. The Bertz CT molecular complexity index is 627. The van der Waals surface area contributed by atoms with Crippen LogP contribution in [-0.4, -0.2) is 60.0 Å². The number of urea groups is 1. The number of aliphatic carboxylic acids is 1. The van der Waals surface area contributed by atoms with E-state index in [1.165, 1.54) is 17.2 Å². The van der Waals surface area contributed by atoms with Gasteiger partial charge in [-0.25, -0.2) is 13.2 Å². The lowest BCUT2D eigenvalue weighted by molar-refractivity contribution is -0.136. The molecule has 0 aliphatic carbocycles. The van der Waals surface area contributed by atoms with Crippen molar-refractivity contribution in [2.75, 3.05) is 29.9 Å². The number of nitrogens with one attached hydrogen (secondary N) is 1. The summed E-state index contributed by atoms with van der Waals surface area (Å²) in [6, 6.07) is 2.69. The maximum Gasteiger partial charge on any atom is 0.321 e. The summed E-state index contributed by atoms with van der Waals surface area (Å²) in [5, 5.41) is 11.2. The van der Waals surface area contributed by atoms with E-state index in [0.29, 0.717) is 11.4 Å². The number of carboxylic acid groups (broad SMARTS) is 1. The molecule has 1 aliphatic rings. The maximum atomic E-state index is 11.9. The van der Waals surface area contributed by atoms with Gasteiger partial charge in [-0.3, -0.25) is 9.78 Å². The number of carboxylic acids is 1. The normalized spacial score (nSPS) is 17.2. The molecule has 21 heavy (non-hydrogen) atoms. The van der Waals surface area contributed by atoms with E-state index in [2.05, 4.69) is 10.3 Å². The molecule has 2 rings (SSSR count). The molecule has 8 nitrogen and oxygen atoms in total. The standard InChI is InChI=1S/C12H15N3O5S/c16-11(17)7-9-1-2-10(8-13-9)14-12(18)15-3-5-21(19,20)6-4-15/h1-2,8H,3-7H2,(H,14,18)(H,16,17). The van der Waals surface area contributed by atoms with Crippen molar-refractivity contribution in [3.8, 4) is 0 Å². The molecular weight excluding hydrogens is 298 g/mol. The van der Waals surface area contributed by atoms with E-state index >= 15 is 0 Å². The number of carbonyl (C=O) groups excluding carboxylic acids is 1. The van der Waals surface area contributed by atoms with Crippen molar-refractivity contribution in [3.63, 3.8) is 0 Å². The zero-order chi connectivity index (χ0) is 15.5. The van der Waals surface area contributed by atoms with Crippen LogP contribution in [-0.2, 0) is 21.1 Å². The summed E-state index contributed by atoms with van der Waals surface area (Å²) in [5.41, 5.74) is 0.826. The van der Waals surface area contributed by atoms with Crippen LogP contribution >= 0.6 is 0 Å². The van der Waals surface area contributed by atoms with E-state index in [9.17, 15) is 18.0 Å². The fourth-order valence-corrected chi connectivity index (χ4v) is 3.08. The fraction of sp³-hybridized carbons (Fsp3) is 0.417. The minimum absolute atomic E-state index is 0.0315. The van der Waals surface area contributed by atoms with Crippen molar-refractivity contribution < 1.29 is 23.1 Å². The Morgan fingerprint density at radius 1 is 1.29 bits per heavy atom. The Morgan fingerprint density at radius 3 is 2.48 bits per heavy atom. The van der Waals surface area contributed by atoms with Crippen LogP contribution in [0.25, 0.3) is 0 Å². The second-order valence-electron chi connectivity index (χ2n) is 4.68. The third kappa shape index (κ3) is 4.42. The predicted octanol–water partition coefficient (Wildman–Crippen LogP) is -0.0290. The molecule has 0 radical (unpaired) electrons. The number of hydrogen-bond acceptors (Lipinski definition) is 5. The van der Waals surface area contributed by atoms with Crippen LogP contribution in [0.15, 0.2) is 18.3 Å². The SMILES string of the molecule is O=C(O)Cc1ccc(NC(=O)N2CCS(=O)(=O)CC2)cn1. The van der Waals surface area contributed by atoms with Crippen LogP contribution in [0, 0.1) is 0 Å². The van der Waals surface area contributed by atoms with E-state index < -0.39 is 21.8 Å². The molecule has 2 heterocycles. The first kappa shape index (κ1) is 15.2. The maximum absolute atomic E-state index is 11.9. The van der Waals surface area contributed by atoms with Gasteiger partial charge < -0.3 is 15.3 Å². The van der Waals surface area contributed by atoms with Crippen molar-refractivity contribution in [2.45, 2.75) is 6.42 Å². The van der Waals surface area contributed by atoms with Gasteiger partial charge in [0, 0.05) is 13.1 Å². The minimum atomic E-state index is -3.03. The average Bonchev–Trinajstić information content (AvgIpc) is 2.40. The Labute approximate surface area is 121 Å². The molecule has 1 fully saturated rings. The number of rotatable bonds is 3. The second-order valence-corrected chi connectivity index (χ2v) is 6.98. The van der Waals surface area contributed by atoms with E-state index in [0.717, 1.165) is 0 Å². The molecule has 0 unspecified atom stereocenters. The van der Waals surface area contributed by atoms with Gasteiger partial charge in [0.2, 0.25) is 0 Å². The van der Waals surface area contributed by atoms with Gasteiger partial charge in [0.25, 0.3) is 0 Å². The molecule has 0 aromatic carbocycles. The lowest BCUT2D eigenvalue weighted by Gasteiger charge is -2.26. The number of aromatic nitrogens is 1. The fourth-order valence-electron chi connectivity index (χ4n) is 1.88. The van der Waals surface area contributed by atoms with Gasteiger partial charge >= 0.3 is 12.0 Å². The van der Waals surface area contributed by atoms with Crippen LogP contribution < -0.4 is 5.32 Å². The van der Waals surface area contributed by atoms with E-state index in [-0.39, 0.29) is 31.0 Å². The molecule has 1 aromatic rings. The quantitative estimate of drug-likeness (QED) is 0.809. The van der Waals surface area contributed by atoms with Crippen molar-refractivity contribution in [2.24, 2.45) is 0 Å². The Hall–Kier alpha value is -2.16. The number of sulfone groups is 1. The minimum Gasteiger partial charge on any atom is -0.481 e. The van der Waals surface area contributed by atoms with Crippen molar-refractivity contribution >= 4 is 27.5 Å². The predicted molar refractivity (Wildman–Crippen MR) is 74.8 cm³/mol. The number of hydrogen-bond donors (Lipinski definition) is 2. The summed E-state index contributed by atoms with van der Waals surface area (Å²) in [6.07, 6.45) is 1.19. The van der Waals surface area contributed by atoms with E-state index in [4.69, 9.17) is 5.11 Å². The van der Waals surface area contributed by atoms with E-state index in [1.54, 1.807) is 6.07 Å². The molecule has 1 saturated heterocycles. The van der Waals surface area contributed by atoms with Crippen LogP contribution in [0.3, 0.4) is 0 Å². The molecule has 0 spiro atoms. The molecule has 1 aliphatic heterocycles. The van der Waals surface area contributed by atoms with E-state index in [1.807, 2.05) is 0 Å². The largest absolute Gasteiger partial charge is 0.481 e. The Kier molecular flexibility index (Phi) is 4.41. The summed E-state index contributed by atoms with van der Waals surface area (Å²) in [6.45, 7) is 0.331. The highest BCUT2D eigenvalue weighted by atomic mass is 32.2. The van der Waals surface area contributed by atoms with Gasteiger partial charge in [-0.15, -0.1) is 0 Å². The molecule has 2 amide bonds. The zero-order valence-corrected chi connectivity index (χ0v) is 12.0. The first-order chi connectivity index (χ1) is 9.85. The summed E-state index contributed by atoms with van der Waals surface area (Å²) >= 11 is 0. The van der Waals surface area contributed by atoms with Crippen molar-refractivity contribution in [1.82, 2.24) is 9.88 Å². The van der Waals surface area contributed by atoms with Crippen LogP contribution in [0.1, 0.15) is 5.69 Å². The number of anilines is 1. The van der Waals surface area contributed by atoms with Crippen molar-refractivity contribution in [3.05, 3.63) is 24.0 Å². The lowest BCUT2D eigenvalue weighted by atomic mass is 10.2. The number of amides is 2. The van der Waals surface area contributed by atoms with Crippen molar-refractivity contribution in [1.29, 1.82) is 0 Å². The summed E-state index contributed by atoms with van der Waals surface area (Å²) in [5.74, 6) is -1.04. The third-order valence-corrected chi connectivity index (χ3v) is 4.65. The highest BCUT2D eigenvalue weighted by Crippen LogP contribution is 2.10. The lowest BCUT2D eigenvalue weighted by Crippen LogP contribution is -2.45. The summed E-state index contributed by atoms with van der Waals surface area (Å²) in [7, 11) is -3.03. The monoisotopic (exact) mass is 313 g/mol. The van der Waals surface area contributed by atoms with Crippen LogP contribution in [0.2, 0.25) is 0 Å². The van der Waals surface area contributed by atoms with Gasteiger partial charge in [-0.2, -0.15) is 0 Å². The Morgan fingerprint density at radius 2 is 1.95 bits per heavy atom. The molecule has 0 bridgehead atoms. The van der Waals surface area contributed by atoms with Gasteiger partial charge in [0.15, 0.2) is 9.84 Å². The Balaban J connectivity index is 1.92. The highest BCUT2D eigenvalue weighted by molar-refractivity contribution is 7.91. The summed E-state index contributed by atoms with van der Waals surface area (Å²) < 4.78 is 22.6. The van der Waals surface area contributed by atoms with Gasteiger partial charge in [0.1, 0.15) is 0 Å². The van der Waals surface area contributed by atoms with Gasteiger partial charge in [-0.05, 0) is 12.1 Å². The highest BCUT2D eigenvalue weighted by Gasteiger charge is 2.24. The molecule has 0 saturated carbocycles. The topological polar surface area (TPSA) is 117 Å². The third-order valence-electron chi connectivity index (χ3n) is 3.04.